The molecule has 6 rings (SSSR count). The van der Waals surface area contributed by atoms with E-state index in [4.69, 9.17) is 26.6 Å². The third kappa shape index (κ3) is 5.87. The first-order valence-corrected chi connectivity index (χ1v) is 16.0. The van der Waals surface area contributed by atoms with E-state index < -0.39 is 18.3 Å². The number of fused-ring (bicyclic) bond motifs is 1. The number of amidine groups is 1. The molecule has 0 aromatic heterocycles. The van der Waals surface area contributed by atoms with Crippen LogP contribution >= 0.6 is 23.4 Å². The van der Waals surface area contributed by atoms with Gasteiger partial charge in [0.25, 0.3) is 0 Å². The molecule has 4 nitrogen and oxygen atoms in total. The molecule has 1 saturated carbocycles. The summed E-state index contributed by atoms with van der Waals surface area (Å²) in [6, 6.07) is 3.57. The highest BCUT2D eigenvalue weighted by molar-refractivity contribution is 8.03. The lowest BCUT2D eigenvalue weighted by atomic mass is 9.87. The normalized spacial score (nSPS) is 29.4. The molecule has 0 spiro atoms. The molecule has 1 saturated heterocycles. The van der Waals surface area contributed by atoms with Crippen LogP contribution in [0.1, 0.15) is 69.9 Å². The largest absolute Gasteiger partial charge is 0.332 e. The molecule has 0 radical (unpaired) electrons. The Bertz CT molecular complexity index is 1290. The van der Waals surface area contributed by atoms with E-state index in [1.165, 1.54) is 57.6 Å². The van der Waals surface area contributed by atoms with Crippen molar-refractivity contribution in [3.63, 3.8) is 0 Å². The van der Waals surface area contributed by atoms with Crippen molar-refractivity contribution in [2.45, 2.75) is 81.8 Å². The Balaban J connectivity index is 1.35. The van der Waals surface area contributed by atoms with Gasteiger partial charge in [-0.2, -0.15) is 0 Å². The molecule has 8 heteroatoms. The maximum absolute atomic E-state index is 14.3. The molecule has 1 aliphatic carbocycles. The summed E-state index contributed by atoms with van der Waals surface area (Å²) in [5.41, 5.74) is 3.60. The van der Waals surface area contributed by atoms with Gasteiger partial charge in [-0.3, -0.25) is 15.0 Å². The zero-order chi connectivity index (χ0) is 27.6. The van der Waals surface area contributed by atoms with Crippen LogP contribution in [0.4, 0.5) is 8.78 Å². The number of hydrogen-bond donors (Lipinski definition) is 0. The second-order valence-electron chi connectivity index (χ2n) is 11.6. The number of halogens is 3. The number of aliphatic imine (C=N–C) groups is 3. The molecule has 40 heavy (non-hydrogen) atoms. The van der Waals surface area contributed by atoms with Crippen LogP contribution in [0.15, 0.2) is 68.1 Å². The Morgan fingerprint density at radius 3 is 2.80 bits per heavy atom. The van der Waals surface area contributed by atoms with Crippen molar-refractivity contribution in [2.24, 2.45) is 26.8 Å². The third-order valence-corrected chi connectivity index (χ3v) is 10.2. The second kappa shape index (κ2) is 12.3. The van der Waals surface area contributed by atoms with Crippen LogP contribution < -0.4 is 0 Å². The Kier molecular flexibility index (Phi) is 8.59. The van der Waals surface area contributed by atoms with Gasteiger partial charge in [0.15, 0.2) is 0 Å². The minimum Gasteiger partial charge on any atom is -0.332 e. The number of benzene rings is 1. The molecule has 4 heterocycles. The molecule has 0 bridgehead atoms. The fourth-order valence-corrected chi connectivity index (χ4v) is 7.85. The second-order valence-corrected chi connectivity index (χ2v) is 13.1. The fraction of sp³-hybridized carbons (Fsp3) is 0.531. The van der Waals surface area contributed by atoms with E-state index in [0.717, 1.165) is 60.2 Å². The van der Waals surface area contributed by atoms with Crippen molar-refractivity contribution in [1.29, 1.82) is 0 Å². The minimum atomic E-state index is -1.08. The van der Waals surface area contributed by atoms with E-state index in [1.54, 1.807) is 17.8 Å². The lowest BCUT2D eigenvalue weighted by molar-refractivity contribution is 0.337. The van der Waals surface area contributed by atoms with Crippen molar-refractivity contribution in [1.82, 2.24) is 4.90 Å². The highest BCUT2D eigenvalue weighted by atomic mass is 35.5. The summed E-state index contributed by atoms with van der Waals surface area (Å²) < 4.78 is 28.3. The van der Waals surface area contributed by atoms with E-state index in [1.807, 2.05) is 12.2 Å². The van der Waals surface area contributed by atoms with Crippen LogP contribution in [0.2, 0.25) is 5.02 Å². The Hall–Kier alpha value is -2.25. The summed E-state index contributed by atoms with van der Waals surface area (Å²) in [5, 5.41) is 2.69. The molecular formula is C32H37ClF2N4S. The van der Waals surface area contributed by atoms with Gasteiger partial charge < -0.3 is 4.90 Å². The van der Waals surface area contributed by atoms with Crippen molar-refractivity contribution in [2.75, 3.05) is 13.1 Å². The molecule has 5 atom stereocenters. The monoisotopic (exact) mass is 582 g/mol. The van der Waals surface area contributed by atoms with E-state index in [0.29, 0.717) is 5.02 Å². The van der Waals surface area contributed by atoms with Crippen LogP contribution in [0.5, 0.6) is 0 Å². The van der Waals surface area contributed by atoms with Crippen LogP contribution in [0, 0.1) is 17.7 Å². The lowest BCUT2D eigenvalue weighted by Crippen LogP contribution is -2.39. The molecule has 1 aromatic carbocycles. The first-order chi connectivity index (χ1) is 19.5. The third-order valence-electron chi connectivity index (χ3n) is 8.75. The summed E-state index contributed by atoms with van der Waals surface area (Å²) in [4.78, 5) is 17.4. The van der Waals surface area contributed by atoms with Crippen molar-refractivity contribution < 1.29 is 8.78 Å². The standard InChI is InChI=1S/C32H37ClF2N4S/c1-20(34)26-11-12-27(37-26)30-28-16-22(18-36-14-13-21-6-3-2-4-7-21)19-39(28)32(29-8-5-15-40-29)38-31(30)24-10-9-23(35)17-25(24)33/h5,9-12,15,17-18,20-22,26,29,31H,2-4,6-8,13-14,16,19H2,1H3/t20?,22?,26?,29?,31-/m0/s1. The Morgan fingerprint density at radius 1 is 1.23 bits per heavy atom. The first-order valence-electron chi connectivity index (χ1n) is 14.7. The van der Waals surface area contributed by atoms with E-state index in [-0.39, 0.29) is 17.0 Å². The molecule has 2 fully saturated rings. The van der Waals surface area contributed by atoms with Gasteiger partial charge in [0.2, 0.25) is 0 Å². The molecule has 4 aliphatic heterocycles. The SMILES string of the molecule is CC(F)C1C=CC(C2=C3CC(C=NCCC4CCCCC4)CN3C(C3CC=CS3)=N[C@H]2c2ccc(F)cc2Cl)=N1. The highest BCUT2D eigenvalue weighted by Crippen LogP contribution is 2.45. The van der Waals surface area contributed by atoms with Gasteiger partial charge >= 0.3 is 0 Å². The highest BCUT2D eigenvalue weighted by Gasteiger charge is 2.42. The summed E-state index contributed by atoms with van der Waals surface area (Å²) in [6.45, 7) is 3.23. The molecule has 5 aliphatic rings. The number of hydrogen-bond acceptors (Lipinski definition) is 5. The quantitative estimate of drug-likeness (QED) is 0.289. The smallest absolute Gasteiger partial charge is 0.124 e. The van der Waals surface area contributed by atoms with Crippen molar-refractivity contribution in [3.8, 4) is 0 Å². The molecule has 0 N–H and O–H groups in total. The predicted molar refractivity (Wildman–Crippen MR) is 164 cm³/mol. The Morgan fingerprint density at radius 2 is 2.08 bits per heavy atom. The molecule has 1 aromatic rings. The minimum absolute atomic E-state index is 0.208. The van der Waals surface area contributed by atoms with Crippen molar-refractivity contribution >= 4 is 41.1 Å². The topological polar surface area (TPSA) is 40.3 Å². The lowest BCUT2D eigenvalue weighted by Gasteiger charge is -2.35. The van der Waals surface area contributed by atoms with Crippen LogP contribution in [0.25, 0.3) is 0 Å². The number of rotatable bonds is 8. The average molecular weight is 583 g/mol. The molecular weight excluding hydrogens is 546 g/mol. The fourth-order valence-electron chi connectivity index (χ4n) is 6.63. The van der Waals surface area contributed by atoms with E-state index >= 15 is 0 Å². The van der Waals surface area contributed by atoms with Gasteiger partial charge in [0, 0.05) is 47.1 Å². The number of allylic oxidation sites excluding steroid dienone is 3. The van der Waals surface area contributed by atoms with E-state index in [9.17, 15) is 8.78 Å². The van der Waals surface area contributed by atoms with E-state index in [2.05, 4.69) is 22.6 Å². The summed E-state index contributed by atoms with van der Waals surface area (Å²) in [7, 11) is 0. The molecule has 0 amide bonds. The number of nitrogens with zero attached hydrogens (tertiary/aromatic N) is 4. The Labute approximate surface area is 245 Å². The van der Waals surface area contributed by atoms with Gasteiger partial charge in [-0.1, -0.05) is 61.9 Å². The molecule has 212 valence electrons. The zero-order valence-corrected chi connectivity index (χ0v) is 24.6. The zero-order valence-electron chi connectivity index (χ0n) is 23.0. The van der Waals surface area contributed by atoms with Crippen LogP contribution in [0.3, 0.4) is 0 Å². The predicted octanol–water partition coefficient (Wildman–Crippen LogP) is 8.31. The van der Waals surface area contributed by atoms with Gasteiger partial charge in [-0.05, 0) is 55.7 Å². The number of alkyl halides is 1. The van der Waals surface area contributed by atoms with Gasteiger partial charge in [-0.15, -0.1) is 11.8 Å². The average Bonchev–Trinajstić information content (AvgIpc) is 3.72. The first kappa shape index (κ1) is 27.9. The van der Waals surface area contributed by atoms with Crippen LogP contribution in [-0.2, 0) is 0 Å². The van der Waals surface area contributed by atoms with Gasteiger partial charge in [-0.25, -0.2) is 8.78 Å². The van der Waals surface area contributed by atoms with Crippen LogP contribution in [-0.4, -0.2) is 53.2 Å². The maximum Gasteiger partial charge on any atom is 0.124 e. The molecule has 4 unspecified atom stereocenters. The summed E-state index contributed by atoms with van der Waals surface area (Å²) in [6.07, 6.45) is 16.7. The maximum atomic E-state index is 14.3. The van der Waals surface area contributed by atoms with Gasteiger partial charge in [0.05, 0.1) is 17.0 Å². The summed E-state index contributed by atoms with van der Waals surface area (Å²) in [5.74, 6) is 1.72. The summed E-state index contributed by atoms with van der Waals surface area (Å²) >= 11 is 8.42. The van der Waals surface area contributed by atoms with Crippen molar-refractivity contribution in [3.05, 3.63) is 69.5 Å². The number of thioether (sulfide) groups is 1. The van der Waals surface area contributed by atoms with Gasteiger partial charge in [0.1, 0.15) is 23.9 Å².